The molecule has 2 fully saturated rings. The van der Waals surface area contributed by atoms with E-state index in [-0.39, 0.29) is 25.0 Å². The van der Waals surface area contributed by atoms with E-state index in [1.807, 2.05) is 0 Å². The van der Waals surface area contributed by atoms with Crippen molar-refractivity contribution in [3.8, 4) is 0 Å². The predicted molar refractivity (Wildman–Crippen MR) is 109 cm³/mol. The van der Waals surface area contributed by atoms with Crippen LogP contribution in [0.4, 0.5) is 0 Å². The molecule has 0 unspecified atom stereocenters. The zero-order valence-corrected chi connectivity index (χ0v) is 17.9. The molecule has 1 aromatic rings. The van der Waals surface area contributed by atoms with E-state index in [9.17, 15) is 18.0 Å². The van der Waals surface area contributed by atoms with Gasteiger partial charge in [-0.15, -0.1) is 0 Å². The van der Waals surface area contributed by atoms with Crippen LogP contribution in [-0.2, 0) is 14.9 Å². The van der Waals surface area contributed by atoms with Gasteiger partial charge in [0.05, 0.1) is 12.7 Å². The molecule has 1 aliphatic carbocycles. The lowest BCUT2D eigenvalue weighted by molar-refractivity contribution is 0.0600. The third-order valence-electron chi connectivity index (χ3n) is 5.84. The third-order valence-corrected chi connectivity index (χ3v) is 7.88. The first-order valence-corrected chi connectivity index (χ1v) is 11.4. The summed E-state index contributed by atoms with van der Waals surface area (Å²) in [6.07, 6.45) is 5.12. The summed E-state index contributed by atoms with van der Waals surface area (Å²) in [5.41, 5.74) is 0.706. The Morgan fingerprint density at radius 2 is 1.66 bits per heavy atom. The number of ether oxygens (including phenoxy) is 1. The number of rotatable bonds is 5. The molecule has 1 amide bonds. The fraction of sp³-hybridized carbons (Fsp3) is 0.600. The van der Waals surface area contributed by atoms with Gasteiger partial charge in [0.2, 0.25) is 0 Å². The molecule has 0 aromatic heterocycles. The zero-order valence-electron chi connectivity index (χ0n) is 17.0. The summed E-state index contributed by atoms with van der Waals surface area (Å²) in [4.78, 5) is 26.1. The minimum atomic E-state index is -3.53. The summed E-state index contributed by atoms with van der Waals surface area (Å²) in [5.74, 6) is -0.713. The van der Waals surface area contributed by atoms with Crippen LogP contribution in [0.5, 0.6) is 0 Å². The summed E-state index contributed by atoms with van der Waals surface area (Å²) in [7, 11) is -0.569. The van der Waals surface area contributed by atoms with Crippen LogP contribution >= 0.6 is 0 Å². The van der Waals surface area contributed by atoms with Gasteiger partial charge < -0.3 is 9.64 Å². The largest absolute Gasteiger partial charge is 0.465 e. The van der Waals surface area contributed by atoms with E-state index in [1.165, 1.54) is 28.2 Å². The number of nitrogens with zero attached hydrogens (tertiary/aromatic N) is 3. The summed E-state index contributed by atoms with van der Waals surface area (Å²) in [6, 6.07) is 6.45. The van der Waals surface area contributed by atoms with Crippen molar-refractivity contribution in [1.29, 1.82) is 0 Å². The van der Waals surface area contributed by atoms with Gasteiger partial charge in [-0.25, -0.2) is 4.79 Å². The Hall–Kier alpha value is -1.97. The Morgan fingerprint density at radius 3 is 2.28 bits per heavy atom. The Balaban J connectivity index is 1.62. The average Bonchev–Trinajstić information content (AvgIpc) is 2.78. The Bertz CT molecular complexity index is 843. The molecule has 0 N–H and O–H groups in total. The minimum Gasteiger partial charge on any atom is -0.465 e. The van der Waals surface area contributed by atoms with Gasteiger partial charge in [0, 0.05) is 44.8 Å². The van der Waals surface area contributed by atoms with Crippen molar-refractivity contribution in [3.63, 3.8) is 0 Å². The molecule has 0 spiro atoms. The maximum atomic E-state index is 13.0. The van der Waals surface area contributed by atoms with Crippen molar-refractivity contribution < 1.29 is 22.7 Å². The molecule has 160 valence electrons. The second-order valence-electron chi connectivity index (χ2n) is 7.58. The third kappa shape index (κ3) is 4.79. The maximum absolute atomic E-state index is 13.0. The van der Waals surface area contributed by atoms with Crippen molar-refractivity contribution in [1.82, 2.24) is 13.5 Å². The Labute approximate surface area is 172 Å². The highest BCUT2D eigenvalue weighted by Crippen LogP contribution is 2.25. The number of piperazine rings is 1. The van der Waals surface area contributed by atoms with E-state index >= 15 is 0 Å². The van der Waals surface area contributed by atoms with Gasteiger partial charge in [0.25, 0.3) is 16.1 Å². The van der Waals surface area contributed by atoms with Crippen LogP contribution in [0.3, 0.4) is 0 Å². The van der Waals surface area contributed by atoms with Crippen molar-refractivity contribution in [2.75, 3.05) is 40.3 Å². The van der Waals surface area contributed by atoms with E-state index in [2.05, 4.69) is 0 Å². The highest BCUT2D eigenvalue weighted by molar-refractivity contribution is 7.86. The van der Waals surface area contributed by atoms with E-state index < -0.39 is 16.2 Å². The summed E-state index contributed by atoms with van der Waals surface area (Å²) >= 11 is 0. The molecule has 3 rings (SSSR count). The molecule has 0 atom stereocenters. The number of methoxy groups -OCH3 is 1. The number of esters is 1. The Kier molecular flexibility index (Phi) is 6.92. The van der Waals surface area contributed by atoms with Crippen LogP contribution in [-0.4, -0.2) is 80.2 Å². The monoisotopic (exact) mass is 423 g/mol. The highest BCUT2D eigenvalue weighted by atomic mass is 32.2. The number of hydrogen-bond acceptors (Lipinski definition) is 5. The molecule has 9 heteroatoms. The fourth-order valence-corrected chi connectivity index (χ4v) is 5.59. The van der Waals surface area contributed by atoms with E-state index in [4.69, 9.17) is 4.74 Å². The lowest BCUT2D eigenvalue weighted by Crippen LogP contribution is -2.55. The van der Waals surface area contributed by atoms with Crippen LogP contribution in [0, 0.1) is 0 Å². The van der Waals surface area contributed by atoms with Gasteiger partial charge in [-0.2, -0.15) is 17.0 Å². The van der Waals surface area contributed by atoms with Gasteiger partial charge in [-0.3, -0.25) is 4.79 Å². The summed E-state index contributed by atoms with van der Waals surface area (Å²) in [5, 5.41) is 0. The van der Waals surface area contributed by atoms with Gasteiger partial charge >= 0.3 is 5.97 Å². The first-order valence-electron chi connectivity index (χ1n) is 10.1. The first-order chi connectivity index (χ1) is 13.8. The number of carbonyl (C=O) groups excluding carboxylic acids is 2. The maximum Gasteiger partial charge on any atom is 0.337 e. The molecule has 8 nitrogen and oxygen atoms in total. The number of amides is 1. The van der Waals surface area contributed by atoms with Gasteiger partial charge in [0.1, 0.15) is 0 Å². The topological polar surface area (TPSA) is 87.2 Å². The molecule has 2 aliphatic rings. The molecule has 1 saturated heterocycles. The van der Waals surface area contributed by atoms with Crippen molar-refractivity contribution in [2.45, 2.75) is 38.1 Å². The molecule has 1 aliphatic heterocycles. The van der Waals surface area contributed by atoms with E-state index in [1.54, 1.807) is 30.1 Å². The predicted octanol–water partition coefficient (Wildman–Crippen LogP) is 1.74. The second kappa shape index (κ2) is 9.23. The molecule has 0 bridgehead atoms. The number of hydrogen-bond donors (Lipinski definition) is 0. The first kappa shape index (κ1) is 21.7. The van der Waals surface area contributed by atoms with Crippen LogP contribution in [0.2, 0.25) is 0 Å². The SMILES string of the molecule is COC(=O)c1cccc(C(=O)N2CCN(S(=O)(=O)N(C)C3CCCCC3)CC2)c1. The van der Waals surface area contributed by atoms with Crippen molar-refractivity contribution >= 4 is 22.1 Å². The fourth-order valence-electron chi connectivity index (χ4n) is 4.02. The molecule has 1 saturated carbocycles. The highest BCUT2D eigenvalue weighted by Gasteiger charge is 2.35. The molecular weight excluding hydrogens is 394 g/mol. The lowest BCUT2D eigenvalue weighted by atomic mass is 9.96. The second-order valence-corrected chi connectivity index (χ2v) is 9.57. The van der Waals surface area contributed by atoms with Gasteiger partial charge in [-0.05, 0) is 31.0 Å². The van der Waals surface area contributed by atoms with Gasteiger partial charge in [-0.1, -0.05) is 25.3 Å². The lowest BCUT2D eigenvalue weighted by Gasteiger charge is -2.38. The van der Waals surface area contributed by atoms with Crippen molar-refractivity contribution in [2.24, 2.45) is 0 Å². The van der Waals surface area contributed by atoms with Crippen molar-refractivity contribution in [3.05, 3.63) is 35.4 Å². The average molecular weight is 424 g/mol. The molecular formula is C20H29N3O5S. The number of benzene rings is 1. The summed E-state index contributed by atoms with van der Waals surface area (Å²) in [6.45, 7) is 1.17. The van der Waals surface area contributed by atoms with Crippen LogP contribution in [0.25, 0.3) is 0 Å². The smallest absolute Gasteiger partial charge is 0.337 e. The Morgan fingerprint density at radius 1 is 1.03 bits per heavy atom. The zero-order chi connectivity index (χ0) is 21.0. The molecule has 1 aromatic carbocycles. The van der Waals surface area contributed by atoms with Gasteiger partial charge in [0.15, 0.2) is 0 Å². The number of carbonyl (C=O) groups is 2. The van der Waals surface area contributed by atoms with Crippen LogP contribution in [0.15, 0.2) is 24.3 Å². The molecule has 0 radical (unpaired) electrons. The summed E-state index contributed by atoms with van der Waals surface area (Å²) < 4.78 is 33.6. The van der Waals surface area contributed by atoms with E-state index in [0.717, 1.165) is 25.7 Å². The van der Waals surface area contributed by atoms with E-state index in [0.29, 0.717) is 24.2 Å². The molecule has 1 heterocycles. The quantitative estimate of drug-likeness (QED) is 0.674. The van der Waals surface area contributed by atoms with Crippen LogP contribution in [0.1, 0.15) is 52.8 Å². The van der Waals surface area contributed by atoms with Crippen LogP contribution < -0.4 is 0 Å². The minimum absolute atomic E-state index is 0.0643. The standard InChI is InChI=1S/C20H29N3O5S/c1-21(18-9-4-3-5-10-18)29(26,27)23-13-11-22(12-14-23)19(24)16-7-6-8-17(15-16)20(25)28-2/h6-8,15,18H,3-5,9-14H2,1-2H3. The normalized spacial score (nSPS) is 19.3. The molecule has 29 heavy (non-hydrogen) atoms.